The van der Waals surface area contributed by atoms with Gasteiger partial charge in [-0.3, -0.25) is 4.79 Å². The zero-order valence-electron chi connectivity index (χ0n) is 13.7. The summed E-state index contributed by atoms with van der Waals surface area (Å²) in [5.74, 6) is 0.207. The Morgan fingerprint density at radius 3 is 2.70 bits per heavy atom. The molecule has 2 fully saturated rings. The van der Waals surface area contributed by atoms with Gasteiger partial charge in [-0.05, 0) is 55.8 Å². The van der Waals surface area contributed by atoms with Crippen molar-refractivity contribution in [1.29, 1.82) is 0 Å². The zero-order chi connectivity index (χ0) is 16.3. The number of amides is 1. The van der Waals surface area contributed by atoms with Crippen LogP contribution in [0.25, 0.3) is 0 Å². The van der Waals surface area contributed by atoms with Gasteiger partial charge in [-0.2, -0.15) is 0 Å². The number of hydrogen-bond donors (Lipinski definition) is 1. The smallest absolute Gasteiger partial charge is 0.236 e. The zero-order valence-corrected chi connectivity index (χ0v) is 14.4. The molecule has 1 aromatic rings. The van der Waals surface area contributed by atoms with E-state index >= 15 is 0 Å². The predicted molar refractivity (Wildman–Crippen MR) is 91.7 cm³/mol. The number of carbonyl (C=O) groups is 1. The number of hydrogen-bond acceptors (Lipinski definition) is 3. The Bertz CT molecular complexity index is 538. The molecule has 1 N–H and O–H groups in total. The number of carbonyl (C=O) groups excluding carboxylic acids is 1. The van der Waals surface area contributed by atoms with E-state index in [2.05, 4.69) is 17.4 Å². The SMILES string of the molecule is CNCC(=O)N1CCC2(CC1)CO[C@@H](Cc1ccc(Cl)cc1)C2. The Kier molecular flexibility index (Phi) is 5.24. The topological polar surface area (TPSA) is 41.6 Å². The molecule has 2 saturated heterocycles. The van der Waals surface area contributed by atoms with Gasteiger partial charge in [0, 0.05) is 18.1 Å². The predicted octanol–water partition coefficient (Wildman–Crippen LogP) is 2.50. The monoisotopic (exact) mass is 336 g/mol. The summed E-state index contributed by atoms with van der Waals surface area (Å²) in [7, 11) is 1.81. The highest BCUT2D eigenvalue weighted by Gasteiger charge is 2.42. The lowest BCUT2D eigenvalue weighted by molar-refractivity contribution is -0.132. The van der Waals surface area contributed by atoms with Gasteiger partial charge in [0.1, 0.15) is 0 Å². The molecule has 1 atom stereocenters. The van der Waals surface area contributed by atoms with Crippen LogP contribution in [0.5, 0.6) is 0 Å². The minimum atomic E-state index is 0.207. The molecular weight excluding hydrogens is 312 g/mol. The Morgan fingerprint density at radius 1 is 1.35 bits per heavy atom. The number of likely N-dealkylation sites (tertiary alicyclic amines) is 1. The number of ether oxygens (including phenoxy) is 1. The fraction of sp³-hybridized carbons (Fsp3) is 0.611. The van der Waals surface area contributed by atoms with E-state index in [1.165, 1.54) is 5.56 Å². The van der Waals surface area contributed by atoms with Crippen LogP contribution in [0.1, 0.15) is 24.8 Å². The highest BCUT2D eigenvalue weighted by Crippen LogP contribution is 2.42. The summed E-state index contributed by atoms with van der Waals surface area (Å²) < 4.78 is 6.07. The Labute approximate surface area is 143 Å². The highest BCUT2D eigenvalue weighted by atomic mass is 35.5. The quantitative estimate of drug-likeness (QED) is 0.918. The van der Waals surface area contributed by atoms with E-state index in [9.17, 15) is 4.79 Å². The van der Waals surface area contributed by atoms with Crippen LogP contribution in [-0.4, -0.2) is 50.2 Å². The number of nitrogens with zero attached hydrogens (tertiary/aromatic N) is 1. The molecule has 1 aromatic carbocycles. The van der Waals surface area contributed by atoms with Crippen molar-refractivity contribution >= 4 is 17.5 Å². The number of nitrogens with one attached hydrogen (secondary N) is 1. The van der Waals surface area contributed by atoms with Crippen molar-refractivity contribution in [2.75, 3.05) is 33.3 Å². The van der Waals surface area contributed by atoms with Crippen LogP contribution in [-0.2, 0) is 16.0 Å². The maximum absolute atomic E-state index is 12.0. The molecule has 2 heterocycles. The first kappa shape index (κ1) is 16.7. The molecule has 3 rings (SSSR count). The van der Waals surface area contributed by atoms with Crippen LogP contribution in [0, 0.1) is 5.41 Å². The van der Waals surface area contributed by atoms with E-state index in [1.54, 1.807) is 0 Å². The van der Waals surface area contributed by atoms with Gasteiger partial charge in [0.05, 0.1) is 19.3 Å². The number of benzene rings is 1. The lowest BCUT2D eigenvalue weighted by atomic mass is 9.76. The van der Waals surface area contributed by atoms with Gasteiger partial charge in [-0.15, -0.1) is 0 Å². The number of piperidine rings is 1. The average Bonchev–Trinajstić information content (AvgIpc) is 2.93. The summed E-state index contributed by atoms with van der Waals surface area (Å²) in [4.78, 5) is 13.9. The van der Waals surface area contributed by atoms with E-state index in [1.807, 2.05) is 24.1 Å². The van der Waals surface area contributed by atoms with Crippen LogP contribution >= 0.6 is 11.6 Å². The summed E-state index contributed by atoms with van der Waals surface area (Å²) >= 11 is 5.94. The summed E-state index contributed by atoms with van der Waals surface area (Å²) in [5.41, 5.74) is 1.55. The fourth-order valence-electron chi connectivity index (χ4n) is 3.75. The lowest BCUT2D eigenvalue weighted by Gasteiger charge is -2.38. The Balaban J connectivity index is 1.51. The van der Waals surface area contributed by atoms with Crippen LogP contribution in [0.2, 0.25) is 5.02 Å². The van der Waals surface area contributed by atoms with Crippen molar-refractivity contribution in [3.63, 3.8) is 0 Å². The van der Waals surface area contributed by atoms with E-state index in [4.69, 9.17) is 16.3 Å². The van der Waals surface area contributed by atoms with Gasteiger partial charge >= 0.3 is 0 Å². The minimum Gasteiger partial charge on any atom is -0.377 e. The number of likely N-dealkylation sites (N-methyl/N-ethyl adjacent to an activating group) is 1. The molecule has 0 radical (unpaired) electrons. The van der Waals surface area contributed by atoms with Crippen molar-refractivity contribution in [2.24, 2.45) is 5.41 Å². The fourth-order valence-corrected chi connectivity index (χ4v) is 3.88. The third kappa shape index (κ3) is 4.06. The van der Waals surface area contributed by atoms with E-state index in [-0.39, 0.29) is 17.4 Å². The number of rotatable bonds is 4. The largest absolute Gasteiger partial charge is 0.377 e. The number of halogens is 1. The highest BCUT2D eigenvalue weighted by molar-refractivity contribution is 6.30. The van der Waals surface area contributed by atoms with Crippen LogP contribution in [0.4, 0.5) is 0 Å². The summed E-state index contributed by atoms with van der Waals surface area (Å²) in [6, 6.07) is 8.03. The molecule has 4 nitrogen and oxygen atoms in total. The molecule has 0 aliphatic carbocycles. The van der Waals surface area contributed by atoms with Crippen molar-refractivity contribution in [1.82, 2.24) is 10.2 Å². The van der Waals surface area contributed by atoms with E-state index in [0.717, 1.165) is 50.4 Å². The first-order chi connectivity index (χ1) is 11.1. The maximum atomic E-state index is 12.0. The molecule has 0 aromatic heterocycles. The average molecular weight is 337 g/mol. The summed E-state index contributed by atoms with van der Waals surface area (Å²) in [6.07, 6.45) is 4.44. The van der Waals surface area contributed by atoms with Gasteiger partial charge in [-0.25, -0.2) is 0 Å². The van der Waals surface area contributed by atoms with E-state index < -0.39 is 0 Å². The van der Waals surface area contributed by atoms with E-state index in [0.29, 0.717) is 6.54 Å². The molecule has 2 aliphatic heterocycles. The third-order valence-electron chi connectivity index (χ3n) is 5.17. The molecule has 1 spiro atoms. The molecule has 126 valence electrons. The van der Waals surface area contributed by atoms with Gasteiger partial charge < -0.3 is 15.0 Å². The van der Waals surface area contributed by atoms with Gasteiger partial charge in [0.15, 0.2) is 0 Å². The first-order valence-corrected chi connectivity index (χ1v) is 8.76. The molecule has 0 unspecified atom stereocenters. The summed E-state index contributed by atoms with van der Waals surface area (Å²) in [6.45, 7) is 2.98. The second kappa shape index (κ2) is 7.20. The molecule has 5 heteroatoms. The lowest BCUT2D eigenvalue weighted by Crippen LogP contribution is -2.46. The van der Waals surface area contributed by atoms with Gasteiger partial charge in [-0.1, -0.05) is 23.7 Å². The second-order valence-corrected chi connectivity index (χ2v) is 7.32. The maximum Gasteiger partial charge on any atom is 0.236 e. The molecular formula is C18H25ClN2O2. The first-order valence-electron chi connectivity index (χ1n) is 8.39. The van der Waals surface area contributed by atoms with Crippen molar-refractivity contribution < 1.29 is 9.53 Å². The third-order valence-corrected chi connectivity index (χ3v) is 5.42. The van der Waals surface area contributed by atoms with Crippen LogP contribution in [0.3, 0.4) is 0 Å². The molecule has 0 bridgehead atoms. The van der Waals surface area contributed by atoms with Crippen LogP contribution < -0.4 is 5.32 Å². The van der Waals surface area contributed by atoms with Crippen molar-refractivity contribution in [3.8, 4) is 0 Å². The normalized spacial score (nSPS) is 23.4. The molecule has 2 aliphatic rings. The molecule has 23 heavy (non-hydrogen) atoms. The molecule has 1 amide bonds. The molecule has 0 saturated carbocycles. The second-order valence-electron chi connectivity index (χ2n) is 6.88. The Hall–Kier alpha value is -1.10. The standard InChI is InChI=1S/C18H25ClN2O2/c1-20-12-17(22)21-8-6-18(7-9-21)11-16(23-13-18)10-14-2-4-15(19)5-3-14/h2-5,16,20H,6-13H2,1H3/t16-/m0/s1. The van der Waals surface area contributed by atoms with Crippen LogP contribution in [0.15, 0.2) is 24.3 Å². The Morgan fingerprint density at radius 2 is 2.04 bits per heavy atom. The van der Waals surface area contributed by atoms with Gasteiger partial charge in [0.25, 0.3) is 0 Å². The summed E-state index contributed by atoms with van der Waals surface area (Å²) in [5, 5.41) is 3.71. The van der Waals surface area contributed by atoms with Crippen molar-refractivity contribution in [3.05, 3.63) is 34.9 Å². The van der Waals surface area contributed by atoms with Gasteiger partial charge in [0.2, 0.25) is 5.91 Å². The van der Waals surface area contributed by atoms with Crippen molar-refractivity contribution in [2.45, 2.75) is 31.8 Å². The minimum absolute atomic E-state index is 0.207.